The number of ether oxygens (including phenoxy) is 1. The molecule has 0 saturated carbocycles. The molecule has 1 aromatic heterocycles. The summed E-state index contributed by atoms with van der Waals surface area (Å²) in [5, 5.41) is 2.90. The smallest absolute Gasteiger partial charge is 0.230 e. The first-order valence-electron chi connectivity index (χ1n) is 6.00. The van der Waals surface area contributed by atoms with Gasteiger partial charge in [-0.2, -0.15) is 8.75 Å². The van der Waals surface area contributed by atoms with Crippen molar-refractivity contribution in [2.24, 2.45) is 0 Å². The highest BCUT2D eigenvalue weighted by Crippen LogP contribution is 2.14. The molecular weight excluding hydrogens is 270 g/mol. The zero-order valence-electron chi connectivity index (χ0n) is 10.3. The minimum Gasteiger partial charge on any atom is -0.376 e. The van der Waals surface area contributed by atoms with Crippen LogP contribution in [0.25, 0.3) is 0 Å². The first-order valence-corrected chi connectivity index (χ1v) is 7.88. The number of hydrogen-bond donors (Lipinski definition) is 1. The predicted molar refractivity (Wildman–Crippen MR) is 72.8 cm³/mol. The van der Waals surface area contributed by atoms with E-state index in [0.717, 1.165) is 36.6 Å². The number of aryl methyl sites for hydroxylation is 1. The van der Waals surface area contributed by atoms with Crippen LogP contribution in [0.15, 0.2) is 0 Å². The van der Waals surface area contributed by atoms with Gasteiger partial charge in [-0.25, -0.2) is 0 Å². The molecule has 1 N–H and O–H groups in total. The number of aromatic nitrogens is 2. The fourth-order valence-corrected chi connectivity index (χ4v) is 3.21. The van der Waals surface area contributed by atoms with Crippen molar-refractivity contribution in [2.75, 3.05) is 18.9 Å². The maximum absolute atomic E-state index is 11.6. The Balaban J connectivity index is 1.58. The van der Waals surface area contributed by atoms with Crippen LogP contribution in [0.3, 0.4) is 0 Å². The van der Waals surface area contributed by atoms with E-state index in [2.05, 4.69) is 14.1 Å². The molecule has 1 aliphatic rings. The summed E-state index contributed by atoms with van der Waals surface area (Å²) >= 11 is 2.79. The van der Waals surface area contributed by atoms with Gasteiger partial charge in [-0.3, -0.25) is 4.79 Å². The third-order valence-corrected chi connectivity index (χ3v) is 4.37. The standard InChI is InChI=1S/C11H17N3O2S2/c1-8-10(14-18-13-8)6-17-7-11(15)12-5-9-3-2-4-16-9/h9H,2-7H2,1H3,(H,12,15). The number of rotatable bonds is 6. The quantitative estimate of drug-likeness (QED) is 0.856. The summed E-state index contributed by atoms with van der Waals surface area (Å²) in [6, 6.07) is 0. The average molecular weight is 287 g/mol. The molecule has 5 nitrogen and oxygen atoms in total. The van der Waals surface area contributed by atoms with Gasteiger partial charge in [0.15, 0.2) is 0 Å². The fourth-order valence-electron chi connectivity index (χ4n) is 1.70. The van der Waals surface area contributed by atoms with Crippen molar-refractivity contribution in [3.8, 4) is 0 Å². The van der Waals surface area contributed by atoms with Crippen LogP contribution in [0.5, 0.6) is 0 Å². The van der Waals surface area contributed by atoms with Gasteiger partial charge in [0, 0.05) is 18.9 Å². The van der Waals surface area contributed by atoms with Crippen LogP contribution in [0.1, 0.15) is 24.2 Å². The summed E-state index contributed by atoms with van der Waals surface area (Å²) in [5.74, 6) is 1.27. The van der Waals surface area contributed by atoms with Gasteiger partial charge in [-0.05, 0) is 19.8 Å². The zero-order chi connectivity index (χ0) is 12.8. The van der Waals surface area contributed by atoms with E-state index >= 15 is 0 Å². The van der Waals surface area contributed by atoms with Crippen molar-refractivity contribution in [1.82, 2.24) is 14.1 Å². The molecule has 0 spiro atoms. The molecule has 1 atom stereocenters. The molecule has 1 unspecified atom stereocenters. The van der Waals surface area contributed by atoms with E-state index < -0.39 is 0 Å². The lowest BCUT2D eigenvalue weighted by atomic mass is 10.2. The Kier molecular flexibility index (Phi) is 5.40. The van der Waals surface area contributed by atoms with Crippen molar-refractivity contribution in [3.63, 3.8) is 0 Å². The summed E-state index contributed by atoms with van der Waals surface area (Å²) < 4.78 is 13.7. The van der Waals surface area contributed by atoms with Gasteiger partial charge in [-0.15, -0.1) is 11.8 Å². The largest absolute Gasteiger partial charge is 0.376 e. The SMILES string of the molecule is Cc1nsnc1CSCC(=O)NCC1CCCO1. The average Bonchev–Trinajstić information content (AvgIpc) is 2.99. The number of thioether (sulfide) groups is 1. The molecule has 1 amide bonds. The van der Waals surface area contributed by atoms with Crippen LogP contribution in [0.2, 0.25) is 0 Å². The number of nitrogens with zero attached hydrogens (tertiary/aromatic N) is 2. The van der Waals surface area contributed by atoms with Crippen LogP contribution >= 0.6 is 23.5 Å². The number of hydrogen-bond acceptors (Lipinski definition) is 6. The maximum Gasteiger partial charge on any atom is 0.230 e. The Bertz CT molecular complexity index is 391. The lowest BCUT2D eigenvalue weighted by Gasteiger charge is -2.10. The molecule has 0 bridgehead atoms. The van der Waals surface area contributed by atoms with Crippen molar-refractivity contribution < 1.29 is 9.53 Å². The van der Waals surface area contributed by atoms with Gasteiger partial charge >= 0.3 is 0 Å². The molecule has 2 heterocycles. The Morgan fingerprint density at radius 3 is 3.17 bits per heavy atom. The molecular formula is C11H17N3O2S2. The fraction of sp³-hybridized carbons (Fsp3) is 0.727. The predicted octanol–water partition coefficient (Wildman–Crippen LogP) is 1.37. The van der Waals surface area contributed by atoms with E-state index in [-0.39, 0.29) is 12.0 Å². The number of carbonyl (C=O) groups is 1. The maximum atomic E-state index is 11.6. The Morgan fingerprint density at radius 1 is 1.61 bits per heavy atom. The van der Waals surface area contributed by atoms with Crippen LogP contribution < -0.4 is 5.32 Å². The molecule has 1 aromatic rings. The van der Waals surface area contributed by atoms with E-state index in [4.69, 9.17) is 4.74 Å². The van der Waals surface area contributed by atoms with E-state index in [0.29, 0.717) is 12.3 Å². The van der Waals surface area contributed by atoms with Crippen LogP contribution in [0.4, 0.5) is 0 Å². The second kappa shape index (κ2) is 7.06. The summed E-state index contributed by atoms with van der Waals surface area (Å²) in [4.78, 5) is 11.6. The van der Waals surface area contributed by atoms with Crippen molar-refractivity contribution >= 4 is 29.4 Å². The molecule has 2 rings (SSSR count). The first-order chi connectivity index (χ1) is 8.75. The highest BCUT2D eigenvalue weighted by Gasteiger charge is 2.16. The van der Waals surface area contributed by atoms with E-state index in [1.165, 1.54) is 11.7 Å². The van der Waals surface area contributed by atoms with Gasteiger partial charge < -0.3 is 10.1 Å². The lowest BCUT2D eigenvalue weighted by molar-refractivity contribution is -0.119. The third-order valence-electron chi connectivity index (χ3n) is 2.77. The summed E-state index contributed by atoms with van der Waals surface area (Å²) in [6.07, 6.45) is 2.37. The second-order valence-electron chi connectivity index (χ2n) is 4.23. The Morgan fingerprint density at radius 2 is 2.50 bits per heavy atom. The van der Waals surface area contributed by atoms with Crippen LogP contribution in [-0.4, -0.2) is 39.7 Å². The van der Waals surface area contributed by atoms with Gasteiger partial charge in [0.05, 0.1) is 35.0 Å². The number of nitrogens with one attached hydrogen (secondary N) is 1. The molecule has 18 heavy (non-hydrogen) atoms. The monoisotopic (exact) mass is 287 g/mol. The van der Waals surface area contributed by atoms with Gasteiger partial charge in [-0.1, -0.05) is 0 Å². The molecule has 1 aliphatic heterocycles. The minimum absolute atomic E-state index is 0.0661. The molecule has 0 aromatic carbocycles. The summed E-state index contributed by atoms with van der Waals surface area (Å²) in [7, 11) is 0. The minimum atomic E-state index is 0.0661. The van der Waals surface area contributed by atoms with Crippen molar-refractivity contribution in [1.29, 1.82) is 0 Å². The molecule has 0 radical (unpaired) electrons. The number of amides is 1. The topological polar surface area (TPSA) is 64.1 Å². The normalized spacial score (nSPS) is 19.1. The molecule has 1 fully saturated rings. The van der Waals surface area contributed by atoms with Gasteiger partial charge in [0.25, 0.3) is 0 Å². The highest BCUT2D eigenvalue weighted by molar-refractivity contribution is 7.99. The van der Waals surface area contributed by atoms with Crippen LogP contribution in [0, 0.1) is 6.92 Å². The van der Waals surface area contributed by atoms with Gasteiger partial charge in [0.2, 0.25) is 5.91 Å². The highest BCUT2D eigenvalue weighted by atomic mass is 32.2. The van der Waals surface area contributed by atoms with E-state index in [1.807, 2.05) is 6.92 Å². The van der Waals surface area contributed by atoms with Crippen LogP contribution in [-0.2, 0) is 15.3 Å². The zero-order valence-corrected chi connectivity index (χ0v) is 12.0. The lowest BCUT2D eigenvalue weighted by Crippen LogP contribution is -2.32. The van der Waals surface area contributed by atoms with E-state index in [1.54, 1.807) is 11.8 Å². The molecule has 100 valence electrons. The summed E-state index contributed by atoms with van der Waals surface area (Å²) in [6.45, 7) is 3.40. The molecule has 7 heteroatoms. The molecule has 1 saturated heterocycles. The second-order valence-corrected chi connectivity index (χ2v) is 5.74. The molecule has 0 aliphatic carbocycles. The summed E-state index contributed by atoms with van der Waals surface area (Å²) in [5.41, 5.74) is 1.95. The Hall–Kier alpha value is -0.660. The van der Waals surface area contributed by atoms with Crippen molar-refractivity contribution in [2.45, 2.75) is 31.6 Å². The third kappa shape index (κ3) is 4.22. The van der Waals surface area contributed by atoms with Crippen molar-refractivity contribution in [3.05, 3.63) is 11.4 Å². The van der Waals surface area contributed by atoms with Gasteiger partial charge in [0.1, 0.15) is 0 Å². The number of carbonyl (C=O) groups excluding carboxylic acids is 1. The Labute approximate surface area is 115 Å². The van der Waals surface area contributed by atoms with E-state index in [9.17, 15) is 4.79 Å². The first kappa shape index (κ1) is 13.8.